The van der Waals surface area contributed by atoms with Crippen LogP contribution in [0.2, 0.25) is 0 Å². The van der Waals surface area contributed by atoms with E-state index in [1.54, 1.807) is 28.8 Å². The molecule has 5 rings (SSSR count). The molecule has 2 aromatic carbocycles. The van der Waals surface area contributed by atoms with Crippen LogP contribution in [0, 0.1) is 25.2 Å². The number of nitrogens with two attached hydrogens (primary N) is 1. The molecule has 194 valence electrons. The van der Waals surface area contributed by atoms with E-state index in [0.717, 1.165) is 22.2 Å². The first-order valence-corrected chi connectivity index (χ1v) is 12.1. The molecule has 0 saturated carbocycles. The Bertz CT molecular complexity index is 1770. The Balaban J connectivity index is 1.55. The van der Waals surface area contributed by atoms with Gasteiger partial charge in [0.1, 0.15) is 35.3 Å². The van der Waals surface area contributed by atoms with Crippen molar-refractivity contribution < 1.29 is 9.90 Å². The Morgan fingerprint density at radius 1 is 1.15 bits per heavy atom. The van der Waals surface area contributed by atoms with Crippen LogP contribution in [0.15, 0.2) is 61.1 Å². The zero-order valence-corrected chi connectivity index (χ0v) is 21.5. The van der Waals surface area contributed by atoms with Crippen LogP contribution in [0.5, 0.6) is 5.75 Å². The summed E-state index contributed by atoms with van der Waals surface area (Å²) in [5.41, 5.74) is 10.9. The number of nitrogen functional groups attached to an aromatic ring is 1. The minimum Gasteiger partial charge on any atom is -0.508 e. The summed E-state index contributed by atoms with van der Waals surface area (Å²) in [6.07, 6.45) is 3.13. The first-order valence-electron chi connectivity index (χ1n) is 12.1. The average molecular weight is 520 g/mol. The molecular formula is C28H25N9O2. The van der Waals surface area contributed by atoms with E-state index < -0.39 is 6.04 Å². The van der Waals surface area contributed by atoms with Gasteiger partial charge >= 0.3 is 0 Å². The number of carbonyl (C=O) groups is 1. The van der Waals surface area contributed by atoms with Gasteiger partial charge in [-0.2, -0.15) is 10.4 Å². The molecule has 0 aliphatic heterocycles. The smallest absolute Gasteiger partial charge is 0.255 e. The Hall–Kier alpha value is -5.50. The molecular weight excluding hydrogens is 494 g/mol. The van der Waals surface area contributed by atoms with Crippen LogP contribution in [0.4, 0.5) is 17.3 Å². The number of carbonyl (C=O) groups excluding carboxylic acids is 1. The molecule has 39 heavy (non-hydrogen) atoms. The Morgan fingerprint density at radius 3 is 2.74 bits per heavy atom. The number of aryl methyl sites for hydroxylation is 2. The van der Waals surface area contributed by atoms with Gasteiger partial charge < -0.3 is 21.5 Å². The zero-order valence-electron chi connectivity index (χ0n) is 21.5. The number of phenols is 1. The highest BCUT2D eigenvalue weighted by atomic mass is 16.3. The Labute approximate surface area is 224 Å². The van der Waals surface area contributed by atoms with E-state index in [4.69, 9.17) is 10.7 Å². The Kier molecular flexibility index (Phi) is 6.52. The van der Waals surface area contributed by atoms with Crippen LogP contribution in [0.3, 0.4) is 0 Å². The largest absolute Gasteiger partial charge is 0.508 e. The van der Waals surface area contributed by atoms with E-state index in [1.165, 1.54) is 18.5 Å². The number of anilines is 3. The third kappa shape index (κ3) is 5.03. The molecule has 0 radical (unpaired) electrons. The summed E-state index contributed by atoms with van der Waals surface area (Å²) < 4.78 is 1.75. The van der Waals surface area contributed by atoms with Crippen LogP contribution in [-0.2, 0) is 0 Å². The predicted molar refractivity (Wildman–Crippen MR) is 147 cm³/mol. The molecule has 0 aliphatic carbocycles. The van der Waals surface area contributed by atoms with Crippen LogP contribution < -0.4 is 16.4 Å². The van der Waals surface area contributed by atoms with Gasteiger partial charge in [0.25, 0.3) is 5.91 Å². The second-order valence-corrected chi connectivity index (χ2v) is 9.16. The van der Waals surface area contributed by atoms with Gasteiger partial charge in [-0.25, -0.2) is 19.5 Å². The second-order valence-electron chi connectivity index (χ2n) is 9.16. The second kappa shape index (κ2) is 10.1. The van der Waals surface area contributed by atoms with Gasteiger partial charge in [-0.05, 0) is 68.3 Å². The summed E-state index contributed by atoms with van der Waals surface area (Å²) >= 11 is 0. The molecule has 1 amide bonds. The lowest BCUT2D eigenvalue weighted by atomic mass is 10.0. The lowest BCUT2D eigenvalue weighted by Crippen LogP contribution is -2.16. The van der Waals surface area contributed by atoms with E-state index >= 15 is 0 Å². The molecule has 3 heterocycles. The SMILES string of the molecule is Cc1cc(C(=O)Nc2cccc(O)c2)cc(-c2nc(C(C)Nc3ncnc(N)c3C#N)nn3ccc(C)c23)c1. The molecule has 5 aromatic rings. The normalized spacial score (nSPS) is 11.6. The maximum Gasteiger partial charge on any atom is 0.255 e. The molecule has 1 atom stereocenters. The number of nitrogens with one attached hydrogen (secondary N) is 2. The van der Waals surface area contributed by atoms with Crippen molar-refractivity contribution in [3.05, 3.63) is 89.1 Å². The number of rotatable bonds is 6. The zero-order chi connectivity index (χ0) is 27.7. The van der Waals surface area contributed by atoms with E-state index in [0.29, 0.717) is 22.8 Å². The van der Waals surface area contributed by atoms with Gasteiger partial charge in [-0.15, -0.1) is 0 Å². The summed E-state index contributed by atoms with van der Waals surface area (Å²) in [4.78, 5) is 26.0. The summed E-state index contributed by atoms with van der Waals surface area (Å²) in [6, 6.07) is 15.4. The number of amides is 1. The lowest BCUT2D eigenvalue weighted by Gasteiger charge is -2.17. The number of nitrogens with zero attached hydrogens (tertiary/aromatic N) is 6. The molecule has 0 spiro atoms. The molecule has 0 aliphatic rings. The van der Waals surface area contributed by atoms with Gasteiger partial charge in [0.05, 0.1) is 17.3 Å². The highest BCUT2D eigenvalue weighted by Crippen LogP contribution is 2.30. The molecule has 11 nitrogen and oxygen atoms in total. The molecule has 0 bridgehead atoms. The number of fused-ring (bicyclic) bond motifs is 1. The van der Waals surface area contributed by atoms with Crippen molar-refractivity contribution >= 4 is 28.7 Å². The third-order valence-corrected chi connectivity index (χ3v) is 6.18. The third-order valence-electron chi connectivity index (χ3n) is 6.18. The van der Waals surface area contributed by atoms with Gasteiger partial charge in [-0.3, -0.25) is 4.79 Å². The van der Waals surface area contributed by atoms with Crippen LogP contribution in [-0.4, -0.2) is 35.6 Å². The van der Waals surface area contributed by atoms with Crippen molar-refractivity contribution in [1.29, 1.82) is 5.26 Å². The van der Waals surface area contributed by atoms with Gasteiger partial charge in [0, 0.05) is 29.1 Å². The Morgan fingerprint density at radius 2 is 1.97 bits per heavy atom. The first kappa shape index (κ1) is 25.2. The molecule has 0 saturated heterocycles. The first-order chi connectivity index (χ1) is 18.7. The van der Waals surface area contributed by atoms with Gasteiger partial charge in [0.15, 0.2) is 5.82 Å². The van der Waals surface area contributed by atoms with Crippen molar-refractivity contribution in [2.45, 2.75) is 26.8 Å². The molecule has 0 fully saturated rings. The van der Waals surface area contributed by atoms with Crippen molar-refractivity contribution in [3.8, 4) is 23.1 Å². The maximum atomic E-state index is 13.1. The number of hydrogen-bond donors (Lipinski definition) is 4. The monoisotopic (exact) mass is 519 g/mol. The number of aromatic hydroxyl groups is 1. The molecule has 5 N–H and O–H groups in total. The fourth-order valence-corrected chi connectivity index (χ4v) is 4.31. The van der Waals surface area contributed by atoms with Crippen molar-refractivity contribution in [1.82, 2.24) is 24.6 Å². The summed E-state index contributed by atoms with van der Waals surface area (Å²) in [6.45, 7) is 5.73. The highest BCUT2D eigenvalue weighted by Gasteiger charge is 2.20. The van der Waals surface area contributed by atoms with E-state index in [9.17, 15) is 15.2 Å². The summed E-state index contributed by atoms with van der Waals surface area (Å²) in [5.74, 6) is 0.556. The van der Waals surface area contributed by atoms with Gasteiger partial charge in [-0.1, -0.05) is 6.07 Å². The van der Waals surface area contributed by atoms with E-state index in [2.05, 4.69) is 25.7 Å². The van der Waals surface area contributed by atoms with Crippen molar-refractivity contribution in [2.75, 3.05) is 16.4 Å². The molecule has 11 heteroatoms. The van der Waals surface area contributed by atoms with Crippen molar-refractivity contribution in [3.63, 3.8) is 0 Å². The fourth-order valence-electron chi connectivity index (χ4n) is 4.31. The van der Waals surface area contributed by atoms with E-state index in [-0.39, 0.29) is 28.9 Å². The molecule has 3 aromatic heterocycles. The average Bonchev–Trinajstić information content (AvgIpc) is 3.28. The number of nitriles is 1. The molecule has 1 unspecified atom stereocenters. The summed E-state index contributed by atoms with van der Waals surface area (Å²) in [5, 5.41) is 29.9. The number of benzene rings is 2. The summed E-state index contributed by atoms with van der Waals surface area (Å²) in [7, 11) is 0. The van der Waals surface area contributed by atoms with Crippen LogP contribution in [0.25, 0.3) is 16.8 Å². The highest BCUT2D eigenvalue weighted by molar-refractivity contribution is 6.05. The van der Waals surface area contributed by atoms with Crippen LogP contribution >= 0.6 is 0 Å². The van der Waals surface area contributed by atoms with Gasteiger partial charge in [0.2, 0.25) is 0 Å². The quantitative estimate of drug-likeness (QED) is 0.254. The van der Waals surface area contributed by atoms with Crippen molar-refractivity contribution in [2.24, 2.45) is 0 Å². The van der Waals surface area contributed by atoms with Crippen LogP contribution in [0.1, 0.15) is 45.8 Å². The standard InChI is InChI=1S/C28H25N9O2/c1-15-9-18(11-19(10-15)28(39)34-20-5-4-6-21(38)12-20)23-24-16(2)7-8-37(24)36-26(35-23)17(3)33-27-22(13-29)25(30)31-14-32-27/h4-12,14,17,38H,1-3H3,(H,34,39)(H3,30,31,32,33). The number of aromatic nitrogens is 5. The van der Waals surface area contributed by atoms with E-state index in [1.807, 2.05) is 45.2 Å². The predicted octanol–water partition coefficient (Wildman–Crippen LogP) is 4.39. The fraction of sp³-hybridized carbons (Fsp3) is 0.143. The topological polar surface area (TPSA) is 167 Å². The minimum absolute atomic E-state index is 0.0617. The number of phenolic OH excluding ortho intramolecular Hbond substituents is 1. The minimum atomic E-state index is -0.449. The lowest BCUT2D eigenvalue weighted by molar-refractivity contribution is 0.102. The maximum absolute atomic E-state index is 13.1. The number of hydrogen-bond acceptors (Lipinski definition) is 9.